The molecule has 2 heterocycles. The van der Waals surface area contributed by atoms with E-state index in [2.05, 4.69) is 15.6 Å². The molecule has 0 aliphatic rings. The number of carboxylic acid groups (broad SMARTS) is 1. The third kappa shape index (κ3) is 7.00. The van der Waals surface area contributed by atoms with Gasteiger partial charge in [0.25, 0.3) is 0 Å². The molecule has 1 amide bonds. The first kappa shape index (κ1) is 26.3. The summed E-state index contributed by atoms with van der Waals surface area (Å²) in [4.78, 5) is 25.2. The fourth-order valence-electron chi connectivity index (χ4n) is 2.73. The van der Waals surface area contributed by atoms with Gasteiger partial charge in [0.15, 0.2) is 0 Å². The number of benzene rings is 2. The number of anilines is 2. The van der Waals surface area contributed by atoms with Crippen LogP contribution in [0.15, 0.2) is 60.8 Å². The van der Waals surface area contributed by atoms with Crippen LogP contribution in [-0.2, 0) is 4.79 Å². The molecule has 4 rings (SSSR count). The van der Waals surface area contributed by atoms with E-state index in [4.69, 9.17) is 4.74 Å². The number of halogens is 1. The summed E-state index contributed by atoms with van der Waals surface area (Å²) in [6, 6.07) is 15.2. The number of carboxylic acids is 1. The molecular formula is C23H19FN3NaO4S. The number of pyridine rings is 1. The van der Waals surface area contributed by atoms with Crippen LogP contribution in [0.5, 0.6) is 11.5 Å². The van der Waals surface area contributed by atoms with E-state index < -0.39 is 11.8 Å². The number of nitrogens with zero attached hydrogens (tertiary/aromatic N) is 1. The van der Waals surface area contributed by atoms with Gasteiger partial charge in [-0.15, -0.1) is 11.3 Å². The average Bonchev–Trinajstić information content (AvgIpc) is 3.23. The van der Waals surface area contributed by atoms with Crippen molar-refractivity contribution >= 4 is 45.3 Å². The van der Waals surface area contributed by atoms with E-state index in [0.29, 0.717) is 28.1 Å². The molecule has 0 aliphatic carbocycles. The van der Waals surface area contributed by atoms with Crippen molar-refractivity contribution in [1.29, 1.82) is 0 Å². The Bertz CT molecular complexity index is 1250. The number of hydrogen-bond donors (Lipinski definition) is 2. The summed E-state index contributed by atoms with van der Waals surface area (Å²) in [5, 5.41) is 16.2. The summed E-state index contributed by atoms with van der Waals surface area (Å²) in [7, 11) is 1.84. The summed E-state index contributed by atoms with van der Waals surface area (Å²) in [5.74, 6) is -0.371. The predicted molar refractivity (Wildman–Crippen MR) is 121 cm³/mol. The van der Waals surface area contributed by atoms with Crippen molar-refractivity contribution in [2.45, 2.75) is 6.92 Å². The molecule has 33 heavy (non-hydrogen) atoms. The van der Waals surface area contributed by atoms with Crippen molar-refractivity contribution < 1.29 is 53.4 Å². The number of amides is 1. The van der Waals surface area contributed by atoms with Crippen LogP contribution in [0.4, 0.5) is 15.8 Å². The molecule has 2 N–H and O–H groups in total. The second-order valence-electron chi connectivity index (χ2n) is 6.54. The van der Waals surface area contributed by atoms with Gasteiger partial charge in [0.2, 0.25) is 6.41 Å². The average molecular weight is 475 g/mol. The van der Waals surface area contributed by atoms with E-state index in [9.17, 15) is 19.1 Å². The SMILES string of the molecule is CNc1ccc(Oc2ccnc3cc(C(=O)[O-])sc23)cc1.Cc1ccc(F)c(NC=O)c1.[Na+]. The molecule has 0 aliphatic heterocycles. The molecule has 0 bridgehead atoms. The Hall–Kier alpha value is -2.98. The molecule has 0 spiro atoms. The van der Waals surface area contributed by atoms with Crippen LogP contribution < -0.4 is 50.0 Å². The largest absolute Gasteiger partial charge is 1.00 e. The van der Waals surface area contributed by atoms with Crippen LogP contribution in [0.25, 0.3) is 10.2 Å². The Balaban J connectivity index is 0.000000274. The van der Waals surface area contributed by atoms with Crippen LogP contribution in [0, 0.1) is 12.7 Å². The molecule has 0 unspecified atom stereocenters. The monoisotopic (exact) mass is 475 g/mol. The molecule has 4 aromatic rings. The maximum Gasteiger partial charge on any atom is 1.00 e. The first-order valence-electron chi connectivity index (χ1n) is 9.43. The van der Waals surface area contributed by atoms with Gasteiger partial charge in [0.1, 0.15) is 17.3 Å². The van der Waals surface area contributed by atoms with Crippen molar-refractivity contribution in [3.63, 3.8) is 0 Å². The standard InChI is InChI=1S/C15H12N2O3S.C8H8FNO.Na/c1-16-9-2-4-10(5-3-9)20-12-6-7-17-11-8-13(15(18)19)21-14(11)12;1-6-2-3-7(9)8(4-6)10-5-11;/h2-8,16H,1H3,(H,18,19);2-5H,1H3,(H,10,11);/q;;+1/p-1. The van der Waals surface area contributed by atoms with Crippen molar-refractivity contribution in [3.8, 4) is 11.5 Å². The zero-order chi connectivity index (χ0) is 23.1. The molecule has 2 aromatic carbocycles. The third-order valence-electron chi connectivity index (χ3n) is 4.28. The third-order valence-corrected chi connectivity index (χ3v) is 5.40. The van der Waals surface area contributed by atoms with Gasteiger partial charge in [-0.3, -0.25) is 9.78 Å². The van der Waals surface area contributed by atoms with Gasteiger partial charge < -0.3 is 25.3 Å². The Kier molecular flexibility index (Phi) is 9.80. The van der Waals surface area contributed by atoms with Gasteiger partial charge in [0.05, 0.1) is 26.8 Å². The zero-order valence-corrected chi connectivity index (χ0v) is 21.0. The number of carbonyl (C=O) groups excluding carboxylic acids is 2. The van der Waals surface area contributed by atoms with E-state index >= 15 is 0 Å². The van der Waals surface area contributed by atoms with Crippen LogP contribution in [0.2, 0.25) is 0 Å². The molecule has 0 radical (unpaired) electrons. The number of fused-ring (bicyclic) bond motifs is 1. The van der Waals surface area contributed by atoms with Gasteiger partial charge in [-0.25, -0.2) is 4.39 Å². The van der Waals surface area contributed by atoms with Crippen molar-refractivity contribution in [3.05, 3.63) is 77.1 Å². The molecule has 10 heteroatoms. The van der Waals surface area contributed by atoms with Crippen LogP contribution >= 0.6 is 11.3 Å². The number of hydrogen-bond acceptors (Lipinski definition) is 7. The Morgan fingerprint density at radius 2 is 1.88 bits per heavy atom. The number of rotatable bonds is 6. The number of nitrogens with one attached hydrogen (secondary N) is 2. The molecule has 0 saturated carbocycles. The van der Waals surface area contributed by atoms with Gasteiger partial charge in [0, 0.05) is 25.0 Å². The quantitative estimate of drug-likeness (QED) is 0.321. The summed E-state index contributed by atoms with van der Waals surface area (Å²) in [5.41, 5.74) is 2.71. The number of carbonyl (C=O) groups is 2. The maximum absolute atomic E-state index is 12.7. The van der Waals surface area contributed by atoms with E-state index in [-0.39, 0.29) is 40.1 Å². The molecule has 0 fully saturated rings. The topological polar surface area (TPSA) is 103 Å². The number of aromatic carboxylic acids is 1. The molecule has 2 aromatic heterocycles. The molecule has 7 nitrogen and oxygen atoms in total. The Morgan fingerprint density at radius 3 is 2.52 bits per heavy atom. The first-order chi connectivity index (χ1) is 15.4. The van der Waals surface area contributed by atoms with Crippen LogP contribution in [-0.4, -0.2) is 24.4 Å². The summed E-state index contributed by atoms with van der Waals surface area (Å²) >= 11 is 1.10. The molecule has 0 saturated heterocycles. The Labute approximate surface area is 215 Å². The van der Waals surface area contributed by atoms with Gasteiger partial charge >= 0.3 is 29.6 Å². The van der Waals surface area contributed by atoms with Gasteiger partial charge in [-0.05, 0) is 55.0 Å². The zero-order valence-electron chi connectivity index (χ0n) is 18.2. The minimum Gasteiger partial charge on any atom is -0.544 e. The minimum absolute atomic E-state index is 0. The number of aromatic nitrogens is 1. The normalized spacial score (nSPS) is 9.79. The fraction of sp³-hybridized carbons (Fsp3) is 0.0870. The van der Waals surface area contributed by atoms with E-state index in [0.717, 1.165) is 22.6 Å². The summed E-state index contributed by atoms with van der Waals surface area (Å²) < 4.78 is 19.2. The predicted octanol–water partition coefficient (Wildman–Crippen LogP) is 1.20. The van der Waals surface area contributed by atoms with E-state index in [1.165, 1.54) is 12.1 Å². The van der Waals surface area contributed by atoms with Crippen LogP contribution in [0.1, 0.15) is 15.2 Å². The number of aryl methyl sites for hydroxylation is 1. The van der Waals surface area contributed by atoms with Crippen molar-refractivity contribution in [2.75, 3.05) is 17.7 Å². The summed E-state index contributed by atoms with van der Waals surface area (Å²) in [6.07, 6.45) is 2.04. The number of ether oxygens (including phenoxy) is 1. The second kappa shape index (κ2) is 12.3. The van der Waals surface area contributed by atoms with Crippen molar-refractivity contribution in [1.82, 2.24) is 4.98 Å². The fourth-order valence-corrected chi connectivity index (χ4v) is 3.63. The van der Waals surface area contributed by atoms with Gasteiger partial charge in [-0.1, -0.05) is 6.07 Å². The summed E-state index contributed by atoms with van der Waals surface area (Å²) in [6.45, 7) is 1.83. The van der Waals surface area contributed by atoms with Crippen molar-refractivity contribution in [2.24, 2.45) is 0 Å². The van der Waals surface area contributed by atoms with E-state index in [1.807, 2.05) is 38.2 Å². The molecule has 164 valence electrons. The smallest absolute Gasteiger partial charge is 0.544 e. The molecule has 0 atom stereocenters. The Morgan fingerprint density at radius 1 is 1.15 bits per heavy atom. The molecular weight excluding hydrogens is 456 g/mol. The van der Waals surface area contributed by atoms with Crippen LogP contribution in [0.3, 0.4) is 0 Å². The van der Waals surface area contributed by atoms with Gasteiger partial charge in [-0.2, -0.15) is 0 Å². The second-order valence-corrected chi connectivity index (χ2v) is 7.60. The van der Waals surface area contributed by atoms with E-state index in [1.54, 1.807) is 24.4 Å². The number of thiophene rings is 1. The minimum atomic E-state index is -1.21. The first-order valence-corrected chi connectivity index (χ1v) is 10.2. The maximum atomic E-state index is 12.7.